The summed E-state index contributed by atoms with van der Waals surface area (Å²) >= 11 is 0. The van der Waals surface area contributed by atoms with E-state index < -0.39 is 4.92 Å². The van der Waals surface area contributed by atoms with Crippen LogP contribution in [0.4, 0.5) is 5.69 Å². The molecule has 0 heterocycles. The number of nitro benzene ring substituents is 1. The lowest BCUT2D eigenvalue weighted by Gasteiger charge is -2.10. The van der Waals surface area contributed by atoms with Crippen LogP contribution >= 0.6 is 0 Å². The van der Waals surface area contributed by atoms with Gasteiger partial charge in [-0.05, 0) is 24.3 Å². The molecule has 1 fully saturated rings. The molecular formula is C12H16N2O3. The van der Waals surface area contributed by atoms with Crippen LogP contribution in [0.5, 0.6) is 0 Å². The van der Waals surface area contributed by atoms with Gasteiger partial charge in [-0.1, -0.05) is 12.1 Å². The van der Waals surface area contributed by atoms with Crippen LogP contribution in [0.25, 0.3) is 0 Å². The second-order valence-electron chi connectivity index (χ2n) is 4.46. The molecule has 0 spiro atoms. The molecule has 2 rings (SSSR count). The van der Waals surface area contributed by atoms with Gasteiger partial charge in [-0.3, -0.25) is 10.1 Å². The van der Waals surface area contributed by atoms with Crippen molar-refractivity contribution in [3.8, 4) is 0 Å². The van der Waals surface area contributed by atoms with Crippen molar-refractivity contribution < 1.29 is 10.0 Å². The van der Waals surface area contributed by atoms with Crippen molar-refractivity contribution in [2.24, 2.45) is 5.92 Å². The van der Waals surface area contributed by atoms with Crippen molar-refractivity contribution in [3.63, 3.8) is 0 Å². The number of hydrogen-bond donors (Lipinski definition) is 2. The van der Waals surface area contributed by atoms with E-state index >= 15 is 0 Å². The predicted octanol–water partition coefficient (Wildman–Crippen LogP) is 1.46. The van der Waals surface area contributed by atoms with Crippen molar-refractivity contribution >= 4 is 5.69 Å². The fourth-order valence-corrected chi connectivity index (χ4v) is 1.75. The molecule has 5 heteroatoms. The summed E-state index contributed by atoms with van der Waals surface area (Å²) in [4.78, 5) is 10.0. The molecule has 2 N–H and O–H groups in total. The Hall–Kier alpha value is -1.46. The van der Waals surface area contributed by atoms with E-state index in [-0.39, 0.29) is 11.8 Å². The predicted molar refractivity (Wildman–Crippen MR) is 63.5 cm³/mol. The first-order valence-electron chi connectivity index (χ1n) is 5.79. The van der Waals surface area contributed by atoms with Gasteiger partial charge in [0, 0.05) is 25.2 Å². The summed E-state index contributed by atoms with van der Waals surface area (Å²) in [5.41, 5.74) is 1.09. The molecule has 17 heavy (non-hydrogen) atoms. The number of aliphatic hydroxyl groups is 1. The van der Waals surface area contributed by atoms with Crippen LogP contribution in [-0.2, 0) is 6.54 Å². The number of rotatable bonds is 6. The van der Waals surface area contributed by atoms with Gasteiger partial charge in [0.15, 0.2) is 0 Å². The van der Waals surface area contributed by atoms with E-state index in [0.29, 0.717) is 19.0 Å². The molecule has 1 aliphatic rings. The average Bonchev–Trinajstić information content (AvgIpc) is 3.13. The Kier molecular flexibility index (Phi) is 3.71. The van der Waals surface area contributed by atoms with Gasteiger partial charge in [-0.25, -0.2) is 0 Å². The largest absolute Gasteiger partial charge is 0.392 e. The third-order valence-electron chi connectivity index (χ3n) is 3.00. The molecule has 5 nitrogen and oxygen atoms in total. The zero-order valence-electron chi connectivity index (χ0n) is 9.50. The number of aliphatic hydroxyl groups excluding tert-OH is 1. The molecule has 0 radical (unpaired) electrons. The van der Waals surface area contributed by atoms with E-state index in [9.17, 15) is 15.2 Å². The van der Waals surface area contributed by atoms with E-state index in [1.807, 2.05) is 0 Å². The summed E-state index contributed by atoms with van der Waals surface area (Å²) < 4.78 is 0. The molecule has 1 atom stereocenters. The third kappa shape index (κ3) is 3.51. The van der Waals surface area contributed by atoms with Crippen molar-refractivity contribution in [1.29, 1.82) is 0 Å². The maximum absolute atomic E-state index is 10.5. The lowest BCUT2D eigenvalue weighted by molar-refractivity contribution is -0.384. The standard InChI is InChI=1S/C12H16N2O3/c15-12(10-3-4-10)8-13-7-9-1-5-11(6-2-9)14(16)17/h1-2,5-6,10,12-13,15H,3-4,7-8H2. The lowest BCUT2D eigenvalue weighted by atomic mass is 10.2. The van der Waals surface area contributed by atoms with Crippen LogP contribution < -0.4 is 5.32 Å². The highest BCUT2D eigenvalue weighted by molar-refractivity contribution is 5.32. The smallest absolute Gasteiger partial charge is 0.269 e. The minimum atomic E-state index is -0.409. The number of nitro groups is 1. The number of nitrogens with zero attached hydrogens (tertiary/aromatic N) is 1. The lowest BCUT2D eigenvalue weighted by Crippen LogP contribution is -2.27. The monoisotopic (exact) mass is 236 g/mol. The van der Waals surface area contributed by atoms with Gasteiger partial charge in [0.2, 0.25) is 0 Å². The molecule has 1 aliphatic carbocycles. The van der Waals surface area contributed by atoms with Gasteiger partial charge in [0.05, 0.1) is 11.0 Å². The topological polar surface area (TPSA) is 75.4 Å². The Morgan fingerprint density at radius 2 is 2.06 bits per heavy atom. The third-order valence-corrected chi connectivity index (χ3v) is 3.00. The quantitative estimate of drug-likeness (QED) is 0.579. The minimum Gasteiger partial charge on any atom is -0.392 e. The molecule has 0 saturated heterocycles. The van der Waals surface area contributed by atoms with Crippen molar-refractivity contribution in [2.75, 3.05) is 6.54 Å². The molecule has 1 aromatic rings. The Morgan fingerprint density at radius 1 is 1.41 bits per heavy atom. The fraction of sp³-hybridized carbons (Fsp3) is 0.500. The first kappa shape index (κ1) is 12.0. The summed E-state index contributed by atoms with van der Waals surface area (Å²) in [7, 11) is 0. The molecule has 0 bridgehead atoms. The zero-order chi connectivity index (χ0) is 12.3. The minimum absolute atomic E-state index is 0.103. The first-order chi connectivity index (χ1) is 8.16. The normalized spacial score (nSPS) is 16.8. The van der Waals surface area contributed by atoms with Gasteiger partial charge < -0.3 is 10.4 Å². The number of nitrogens with one attached hydrogen (secondary N) is 1. The molecule has 0 amide bonds. The van der Waals surface area contributed by atoms with E-state index in [1.54, 1.807) is 12.1 Å². The van der Waals surface area contributed by atoms with Crippen LogP contribution in [0.3, 0.4) is 0 Å². The summed E-state index contributed by atoms with van der Waals surface area (Å²) in [6.45, 7) is 1.21. The Morgan fingerprint density at radius 3 is 2.59 bits per heavy atom. The number of hydrogen-bond acceptors (Lipinski definition) is 4. The van der Waals surface area contributed by atoms with Crippen LogP contribution in [0.1, 0.15) is 18.4 Å². The molecule has 1 aromatic carbocycles. The first-order valence-corrected chi connectivity index (χ1v) is 5.79. The fourth-order valence-electron chi connectivity index (χ4n) is 1.75. The molecular weight excluding hydrogens is 220 g/mol. The van der Waals surface area contributed by atoms with Crippen LogP contribution in [-0.4, -0.2) is 22.7 Å². The van der Waals surface area contributed by atoms with E-state index in [1.165, 1.54) is 12.1 Å². The number of non-ortho nitro benzene ring substituents is 1. The molecule has 0 aromatic heterocycles. The van der Waals surface area contributed by atoms with Crippen molar-refractivity contribution in [2.45, 2.75) is 25.5 Å². The maximum atomic E-state index is 10.5. The molecule has 1 saturated carbocycles. The van der Waals surface area contributed by atoms with Crippen molar-refractivity contribution in [3.05, 3.63) is 39.9 Å². The van der Waals surface area contributed by atoms with Crippen LogP contribution in [0.15, 0.2) is 24.3 Å². The van der Waals surface area contributed by atoms with E-state index in [4.69, 9.17) is 0 Å². The molecule has 1 unspecified atom stereocenters. The number of benzene rings is 1. The zero-order valence-corrected chi connectivity index (χ0v) is 9.50. The Balaban J connectivity index is 1.76. The summed E-state index contributed by atoms with van der Waals surface area (Å²) in [5, 5.41) is 23.2. The van der Waals surface area contributed by atoms with Crippen molar-refractivity contribution in [1.82, 2.24) is 5.32 Å². The molecule has 92 valence electrons. The Labute approximate surface area is 99.6 Å². The maximum Gasteiger partial charge on any atom is 0.269 e. The van der Waals surface area contributed by atoms with Gasteiger partial charge in [0.1, 0.15) is 0 Å². The van der Waals surface area contributed by atoms with Crippen LogP contribution in [0.2, 0.25) is 0 Å². The Bertz CT molecular complexity index is 387. The highest BCUT2D eigenvalue weighted by Gasteiger charge is 2.28. The van der Waals surface area contributed by atoms with E-state index in [0.717, 1.165) is 18.4 Å². The highest BCUT2D eigenvalue weighted by atomic mass is 16.6. The molecule has 0 aliphatic heterocycles. The highest BCUT2D eigenvalue weighted by Crippen LogP contribution is 2.32. The summed E-state index contributed by atoms with van der Waals surface area (Å²) in [6, 6.07) is 6.45. The summed E-state index contributed by atoms with van der Waals surface area (Å²) in [5.74, 6) is 0.472. The summed E-state index contributed by atoms with van der Waals surface area (Å²) in [6.07, 6.45) is 1.99. The second kappa shape index (κ2) is 5.25. The SMILES string of the molecule is O=[N+]([O-])c1ccc(CNCC(O)C2CC2)cc1. The average molecular weight is 236 g/mol. The van der Waals surface area contributed by atoms with Gasteiger partial charge in [-0.15, -0.1) is 0 Å². The second-order valence-corrected chi connectivity index (χ2v) is 4.46. The van der Waals surface area contributed by atoms with E-state index in [2.05, 4.69) is 5.32 Å². The van der Waals surface area contributed by atoms with Gasteiger partial charge in [-0.2, -0.15) is 0 Å². The van der Waals surface area contributed by atoms with Gasteiger partial charge in [0.25, 0.3) is 5.69 Å². The van der Waals surface area contributed by atoms with Crippen LogP contribution in [0, 0.1) is 16.0 Å². The van der Waals surface area contributed by atoms with Gasteiger partial charge >= 0.3 is 0 Å².